The zero-order chi connectivity index (χ0) is 13.5. The normalized spacial score (nSPS) is 18.1. The van der Waals surface area contributed by atoms with Gasteiger partial charge in [0.25, 0.3) is 0 Å². The van der Waals surface area contributed by atoms with E-state index in [1.807, 2.05) is 6.92 Å². The van der Waals surface area contributed by atoms with E-state index in [0.717, 1.165) is 18.9 Å². The zero-order valence-electron chi connectivity index (χ0n) is 12.1. The molecule has 1 atom stereocenters. The van der Waals surface area contributed by atoms with Gasteiger partial charge >= 0.3 is 0 Å². The van der Waals surface area contributed by atoms with Gasteiger partial charge in [-0.25, -0.2) is 0 Å². The first-order valence-corrected chi connectivity index (χ1v) is 7.42. The van der Waals surface area contributed by atoms with Crippen molar-refractivity contribution in [3.05, 3.63) is 29.3 Å². The third-order valence-electron chi connectivity index (χ3n) is 3.58. The SMILES string of the molecule is CCNC1CCCc2cc(OCCOCC)ccc21. The summed E-state index contributed by atoms with van der Waals surface area (Å²) < 4.78 is 11.0. The standard InChI is InChI=1S/C16H25NO2/c1-3-17-16-7-5-6-13-12-14(8-9-15(13)16)19-11-10-18-4-2/h8-9,12,16-17H,3-7,10-11H2,1-2H3. The van der Waals surface area contributed by atoms with E-state index < -0.39 is 0 Å². The Labute approximate surface area is 116 Å². The number of hydrogen-bond acceptors (Lipinski definition) is 3. The molecule has 0 saturated heterocycles. The molecule has 1 aliphatic carbocycles. The number of aryl methyl sites for hydroxylation is 1. The molecule has 1 aliphatic rings. The van der Waals surface area contributed by atoms with Crippen LogP contribution in [0, 0.1) is 0 Å². The second-order valence-corrected chi connectivity index (χ2v) is 4.91. The minimum absolute atomic E-state index is 0.520. The lowest BCUT2D eigenvalue weighted by atomic mass is 9.87. The van der Waals surface area contributed by atoms with Gasteiger partial charge in [-0.15, -0.1) is 0 Å². The van der Waals surface area contributed by atoms with Crippen molar-refractivity contribution in [2.75, 3.05) is 26.4 Å². The fourth-order valence-electron chi connectivity index (χ4n) is 2.70. The van der Waals surface area contributed by atoms with E-state index in [0.29, 0.717) is 19.3 Å². The Hall–Kier alpha value is -1.06. The van der Waals surface area contributed by atoms with Crippen LogP contribution in [0.3, 0.4) is 0 Å². The number of fused-ring (bicyclic) bond motifs is 1. The molecule has 3 nitrogen and oxygen atoms in total. The monoisotopic (exact) mass is 263 g/mol. The highest BCUT2D eigenvalue weighted by molar-refractivity contribution is 5.39. The molecule has 0 bridgehead atoms. The maximum atomic E-state index is 5.72. The molecule has 0 aliphatic heterocycles. The van der Waals surface area contributed by atoms with E-state index in [-0.39, 0.29) is 0 Å². The van der Waals surface area contributed by atoms with E-state index in [1.165, 1.54) is 30.4 Å². The van der Waals surface area contributed by atoms with Gasteiger partial charge < -0.3 is 14.8 Å². The lowest BCUT2D eigenvalue weighted by Gasteiger charge is -2.26. The first kappa shape index (κ1) is 14.4. The molecule has 3 heteroatoms. The predicted molar refractivity (Wildman–Crippen MR) is 77.8 cm³/mol. The van der Waals surface area contributed by atoms with Crippen LogP contribution in [0.15, 0.2) is 18.2 Å². The Bertz CT molecular complexity index is 392. The molecule has 1 N–H and O–H groups in total. The van der Waals surface area contributed by atoms with Gasteiger partial charge in [-0.3, -0.25) is 0 Å². The summed E-state index contributed by atoms with van der Waals surface area (Å²) in [5.41, 5.74) is 2.89. The molecule has 1 unspecified atom stereocenters. The number of rotatable bonds is 7. The highest BCUT2D eigenvalue weighted by Crippen LogP contribution is 2.32. The van der Waals surface area contributed by atoms with Gasteiger partial charge in [0.2, 0.25) is 0 Å². The number of benzene rings is 1. The minimum atomic E-state index is 0.520. The summed E-state index contributed by atoms with van der Waals surface area (Å²) in [7, 11) is 0. The smallest absolute Gasteiger partial charge is 0.119 e. The van der Waals surface area contributed by atoms with Crippen LogP contribution < -0.4 is 10.1 Å². The molecule has 106 valence electrons. The van der Waals surface area contributed by atoms with Gasteiger partial charge in [-0.2, -0.15) is 0 Å². The van der Waals surface area contributed by atoms with Crippen molar-refractivity contribution in [2.45, 2.75) is 39.2 Å². The summed E-state index contributed by atoms with van der Waals surface area (Å²) in [6, 6.07) is 7.02. The van der Waals surface area contributed by atoms with Gasteiger partial charge in [-0.1, -0.05) is 13.0 Å². The number of ether oxygens (including phenoxy) is 2. The van der Waals surface area contributed by atoms with Crippen molar-refractivity contribution >= 4 is 0 Å². The van der Waals surface area contributed by atoms with Crippen molar-refractivity contribution in [2.24, 2.45) is 0 Å². The third kappa shape index (κ3) is 3.95. The largest absolute Gasteiger partial charge is 0.491 e. The maximum absolute atomic E-state index is 5.72. The molecule has 0 saturated carbocycles. The quantitative estimate of drug-likeness (QED) is 0.767. The molecular weight excluding hydrogens is 238 g/mol. The Morgan fingerprint density at radius 1 is 1.26 bits per heavy atom. The Kier molecular flexibility index (Phi) is 5.67. The lowest BCUT2D eigenvalue weighted by Crippen LogP contribution is -2.24. The second kappa shape index (κ2) is 7.51. The molecule has 0 amide bonds. The van der Waals surface area contributed by atoms with Crippen molar-refractivity contribution in [1.82, 2.24) is 5.32 Å². The average Bonchev–Trinajstić information content (AvgIpc) is 2.44. The Morgan fingerprint density at radius 2 is 2.16 bits per heavy atom. The van der Waals surface area contributed by atoms with E-state index in [1.54, 1.807) is 0 Å². The Balaban J connectivity index is 1.98. The first-order chi connectivity index (χ1) is 9.35. The van der Waals surface area contributed by atoms with Gasteiger partial charge in [0.15, 0.2) is 0 Å². The summed E-state index contributed by atoms with van der Waals surface area (Å²) in [6.07, 6.45) is 3.67. The second-order valence-electron chi connectivity index (χ2n) is 4.91. The highest BCUT2D eigenvalue weighted by Gasteiger charge is 2.19. The van der Waals surface area contributed by atoms with Crippen LogP contribution in [0.25, 0.3) is 0 Å². The molecule has 0 fully saturated rings. The molecule has 0 radical (unpaired) electrons. The van der Waals surface area contributed by atoms with Gasteiger partial charge in [0.05, 0.1) is 6.61 Å². The fraction of sp³-hybridized carbons (Fsp3) is 0.625. The number of hydrogen-bond donors (Lipinski definition) is 1. The summed E-state index contributed by atoms with van der Waals surface area (Å²) in [5.74, 6) is 0.968. The van der Waals surface area contributed by atoms with Crippen LogP contribution in [-0.2, 0) is 11.2 Å². The Morgan fingerprint density at radius 3 is 2.95 bits per heavy atom. The topological polar surface area (TPSA) is 30.5 Å². The van der Waals surface area contributed by atoms with Crippen molar-refractivity contribution in [3.63, 3.8) is 0 Å². The predicted octanol–water partition coefficient (Wildman–Crippen LogP) is 3.09. The lowest BCUT2D eigenvalue weighted by molar-refractivity contribution is 0.110. The van der Waals surface area contributed by atoms with Crippen LogP contribution in [-0.4, -0.2) is 26.4 Å². The summed E-state index contributed by atoms with van der Waals surface area (Å²) >= 11 is 0. The van der Waals surface area contributed by atoms with Gasteiger partial charge in [-0.05, 0) is 56.0 Å². The van der Waals surface area contributed by atoms with E-state index >= 15 is 0 Å². The highest BCUT2D eigenvalue weighted by atomic mass is 16.5. The molecule has 0 spiro atoms. The molecule has 1 aromatic carbocycles. The molecule has 0 aromatic heterocycles. The van der Waals surface area contributed by atoms with Crippen LogP contribution in [0.4, 0.5) is 0 Å². The van der Waals surface area contributed by atoms with Crippen molar-refractivity contribution in [3.8, 4) is 5.75 Å². The van der Waals surface area contributed by atoms with Crippen LogP contribution in [0.1, 0.15) is 43.9 Å². The maximum Gasteiger partial charge on any atom is 0.119 e. The van der Waals surface area contributed by atoms with E-state index in [9.17, 15) is 0 Å². The molecule has 0 heterocycles. The summed E-state index contributed by atoms with van der Waals surface area (Å²) in [5, 5.41) is 3.56. The minimum Gasteiger partial charge on any atom is -0.491 e. The summed E-state index contributed by atoms with van der Waals surface area (Å²) in [6.45, 7) is 7.23. The van der Waals surface area contributed by atoms with Gasteiger partial charge in [0, 0.05) is 12.6 Å². The van der Waals surface area contributed by atoms with Crippen molar-refractivity contribution < 1.29 is 9.47 Å². The molecule has 1 aromatic rings. The molecule has 2 rings (SSSR count). The van der Waals surface area contributed by atoms with Gasteiger partial charge in [0.1, 0.15) is 12.4 Å². The number of nitrogens with one attached hydrogen (secondary N) is 1. The van der Waals surface area contributed by atoms with E-state index in [2.05, 4.69) is 30.4 Å². The average molecular weight is 263 g/mol. The van der Waals surface area contributed by atoms with Crippen molar-refractivity contribution in [1.29, 1.82) is 0 Å². The zero-order valence-corrected chi connectivity index (χ0v) is 12.1. The van der Waals surface area contributed by atoms with E-state index in [4.69, 9.17) is 9.47 Å². The van der Waals surface area contributed by atoms with Crippen LogP contribution in [0.5, 0.6) is 5.75 Å². The third-order valence-corrected chi connectivity index (χ3v) is 3.58. The first-order valence-electron chi connectivity index (χ1n) is 7.42. The fourth-order valence-corrected chi connectivity index (χ4v) is 2.70. The summed E-state index contributed by atoms with van der Waals surface area (Å²) in [4.78, 5) is 0. The van der Waals surface area contributed by atoms with Crippen LogP contribution in [0.2, 0.25) is 0 Å². The van der Waals surface area contributed by atoms with Crippen LogP contribution >= 0.6 is 0 Å². The molecular formula is C16H25NO2. The molecule has 19 heavy (non-hydrogen) atoms.